The van der Waals surface area contributed by atoms with Gasteiger partial charge in [0.1, 0.15) is 0 Å². The summed E-state index contributed by atoms with van der Waals surface area (Å²) in [6, 6.07) is 0. The largest absolute Gasteiger partial charge is 0.377 e. The van der Waals surface area contributed by atoms with Crippen molar-refractivity contribution in [3.05, 3.63) is 12.7 Å². The highest BCUT2D eigenvalue weighted by atomic mass is 16.5. The smallest absolute Gasteiger partial charge is 0.193 e. The first-order valence-corrected chi connectivity index (χ1v) is 7.04. The van der Waals surface area contributed by atoms with Crippen LogP contribution in [0, 0.1) is 0 Å². The molecule has 0 saturated heterocycles. The van der Waals surface area contributed by atoms with Gasteiger partial charge in [0.25, 0.3) is 0 Å². The third-order valence-electron chi connectivity index (χ3n) is 3.20. The van der Waals surface area contributed by atoms with Crippen LogP contribution in [0.5, 0.6) is 0 Å². The van der Waals surface area contributed by atoms with E-state index in [1.807, 2.05) is 13.1 Å². The Morgan fingerprint density at radius 2 is 2.05 bits per heavy atom. The molecule has 0 aliphatic rings. The summed E-state index contributed by atoms with van der Waals surface area (Å²) in [5.74, 6) is 0.925. The quantitative estimate of drug-likeness (QED) is 0.303. The maximum Gasteiger partial charge on any atom is 0.193 e. The first-order chi connectivity index (χ1) is 8.96. The summed E-state index contributed by atoms with van der Waals surface area (Å²) in [5.41, 5.74) is -0.180. The lowest BCUT2D eigenvalue weighted by Crippen LogP contribution is -2.46. The van der Waals surface area contributed by atoms with Crippen molar-refractivity contribution < 1.29 is 4.74 Å². The molecule has 0 unspecified atom stereocenters. The molecule has 0 radical (unpaired) electrons. The summed E-state index contributed by atoms with van der Waals surface area (Å²) in [6.07, 6.45) is 6.73. The highest BCUT2D eigenvalue weighted by Crippen LogP contribution is 2.05. The van der Waals surface area contributed by atoms with Crippen LogP contribution < -0.4 is 5.32 Å². The summed E-state index contributed by atoms with van der Waals surface area (Å²) in [5, 5.41) is 3.35. The third kappa shape index (κ3) is 8.65. The molecular formula is C15H31N3O. The van der Waals surface area contributed by atoms with Crippen LogP contribution in [0.4, 0.5) is 0 Å². The SMILES string of the molecule is C=CCCCCCN(C)C(=NC)NCC(C)(C)OC. The number of nitrogens with zero attached hydrogens (tertiary/aromatic N) is 2. The van der Waals surface area contributed by atoms with Crippen LogP contribution in [-0.2, 0) is 4.74 Å². The van der Waals surface area contributed by atoms with Crippen molar-refractivity contribution in [1.82, 2.24) is 10.2 Å². The van der Waals surface area contributed by atoms with Gasteiger partial charge < -0.3 is 15.0 Å². The van der Waals surface area contributed by atoms with Crippen LogP contribution in [0.1, 0.15) is 39.5 Å². The van der Waals surface area contributed by atoms with Crippen molar-refractivity contribution in [1.29, 1.82) is 0 Å². The van der Waals surface area contributed by atoms with Crippen molar-refractivity contribution in [2.24, 2.45) is 4.99 Å². The fourth-order valence-corrected chi connectivity index (χ4v) is 1.67. The van der Waals surface area contributed by atoms with E-state index in [1.165, 1.54) is 19.3 Å². The van der Waals surface area contributed by atoms with E-state index in [1.54, 1.807) is 7.11 Å². The van der Waals surface area contributed by atoms with Gasteiger partial charge in [-0.25, -0.2) is 0 Å². The Morgan fingerprint density at radius 3 is 2.58 bits per heavy atom. The van der Waals surface area contributed by atoms with Crippen molar-refractivity contribution in [3.63, 3.8) is 0 Å². The van der Waals surface area contributed by atoms with Crippen LogP contribution in [0.2, 0.25) is 0 Å². The third-order valence-corrected chi connectivity index (χ3v) is 3.20. The average molecular weight is 269 g/mol. The molecule has 0 amide bonds. The van der Waals surface area contributed by atoms with Crippen LogP contribution in [0.25, 0.3) is 0 Å². The summed E-state index contributed by atoms with van der Waals surface area (Å²) in [7, 11) is 5.62. The summed E-state index contributed by atoms with van der Waals surface area (Å²) in [6.45, 7) is 9.62. The predicted octanol–water partition coefficient (Wildman–Crippen LogP) is 2.67. The molecule has 0 heterocycles. The molecule has 19 heavy (non-hydrogen) atoms. The van der Waals surface area contributed by atoms with E-state index in [9.17, 15) is 0 Å². The van der Waals surface area contributed by atoms with E-state index >= 15 is 0 Å². The van der Waals surface area contributed by atoms with Gasteiger partial charge in [-0.05, 0) is 33.1 Å². The van der Waals surface area contributed by atoms with Crippen molar-refractivity contribution in [3.8, 4) is 0 Å². The lowest BCUT2D eigenvalue weighted by molar-refractivity contribution is 0.0264. The molecule has 0 spiro atoms. The van der Waals surface area contributed by atoms with Gasteiger partial charge in [-0.2, -0.15) is 0 Å². The first-order valence-electron chi connectivity index (χ1n) is 7.04. The van der Waals surface area contributed by atoms with Crippen LogP contribution in [0.3, 0.4) is 0 Å². The molecule has 112 valence electrons. The van der Waals surface area contributed by atoms with Gasteiger partial charge in [-0.15, -0.1) is 6.58 Å². The molecule has 0 aliphatic carbocycles. The number of guanidine groups is 1. The van der Waals surface area contributed by atoms with E-state index in [0.29, 0.717) is 0 Å². The van der Waals surface area contributed by atoms with Crippen LogP contribution in [-0.4, -0.2) is 50.8 Å². The Morgan fingerprint density at radius 1 is 1.37 bits per heavy atom. The maximum atomic E-state index is 5.39. The number of ether oxygens (including phenoxy) is 1. The summed E-state index contributed by atoms with van der Waals surface area (Å²) >= 11 is 0. The Kier molecular flexibility index (Phi) is 9.31. The fourth-order valence-electron chi connectivity index (χ4n) is 1.67. The standard InChI is InChI=1S/C15H31N3O/c1-7-8-9-10-11-12-18(5)14(16-4)17-13-15(2,3)19-6/h7H,1,8-13H2,2-6H3,(H,16,17). The number of nitrogens with one attached hydrogen (secondary N) is 1. The fraction of sp³-hybridized carbons (Fsp3) is 0.800. The minimum atomic E-state index is -0.180. The van der Waals surface area contributed by atoms with Crippen LogP contribution >= 0.6 is 0 Å². The van der Waals surface area contributed by atoms with E-state index < -0.39 is 0 Å². The lowest BCUT2D eigenvalue weighted by Gasteiger charge is -2.27. The Bertz CT molecular complexity index is 275. The highest BCUT2D eigenvalue weighted by molar-refractivity contribution is 5.79. The second-order valence-corrected chi connectivity index (χ2v) is 5.42. The number of unbranched alkanes of at least 4 members (excludes halogenated alkanes) is 3. The monoisotopic (exact) mass is 269 g/mol. The minimum absolute atomic E-state index is 0.180. The molecular weight excluding hydrogens is 238 g/mol. The molecule has 0 atom stereocenters. The second-order valence-electron chi connectivity index (χ2n) is 5.42. The summed E-state index contributed by atoms with van der Waals surface area (Å²) in [4.78, 5) is 6.47. The predicted molar refractivity (Wildman–Crippen MR) is 83.7 cm³/mol. The van der Waals surface area contributed by atoms with E-state index in [2.05, 4.69) is 42.7 Å². The second kappa shape index (κ2) is 9.84. The number of hydrogen-bond acceptors (Lipinski definition) is 2. The van der Waals surface area contributed by atoms with Gasteiger partial charge in [-0.1, -0.05) is 12.5 Å². The van der Waals surface area contributed by atoms with Gasteiger partial charge in [0.2, 0.25) is 0 Å². The van der Waals surface area contributed by atoms with E-state index in [4.69, 9.17) is 4.74 Å². The molecule has 0 saturated carbocycles. The normalized spacial score (nSPS) is 12.4. The lowest BCUT2D eigenvalue weighted by atomic mass is 10.1. The maximum absolute atomic E-state index is 5.39. The molecule has 0 bridgehead atoms. The number of hydrogen-bond donors (Lipinski definition) is 1. The molecule has 0 aromatic heterocycles. The first kappa shape index (κ1) is 18.0. The van der Waals surface area contributed by atoms with Gasteiger partial charge >= 0.3 is 0 Å². The summed E-state index contributed by atoms with van der Waals surface area (Å²) < 4.78 is 5.39. The molecule has 0 aliphatic heterocycles. The van der Waals surface area contributed by atoms with E-state index in [-0.39, 0.29) is 5.60 Å². The van der Waals surface area contributed by atoms with Gasteiger partial charge in [0.05, 0.1) is 5.60 Å². The highest BCUT2D eigenvalue weighted by Gasteiger charge is 2.17. The van der Waals surface area contributed by atoms with Gasteiger partial charge in [-0.3, -0.25) is 4.99 Å². The molecule has 1 N–H and O–H groups in total. The molecule has 0 aromatic rings. The molecule has 0 rings (SSSR count). The zero-order valence-electron chi connectivity index (χ0n) is 13.3. The average Bonchev–Trinajstić information content (AvgIpc) is 2.39. The number of allylic oxidation sites excluding steroid dienone is 1. The Labute approximate surface area is 118 Å². The number of aliphatic imine (C=N–C) groups is 1. The van der Waals surface area contributed by atoms with Crippen molar-refractivity contribution in [2.45, 2.75) is 45.1 Å². The topological polar surface area (TPSA) is 36.9 Å². The Hall–Kier alpha value is -1.03. The minimum Gasteiger partial charge on any atom is -0.377 e. The van der Waals surface area contributed by atoms with Crippen molar-refractivity contribution in [2.75, 3.05) is 34.3 Å². The van der Waals surface area contributed by atoms with Gasteiger partial charge in [0, 0.05) is 34.3 Å². The number of methoxy groups -OCH3 is 1. The zero-order valence-corrected chi connectivity index (χ0v) is 13.3. The van der Waals surface area contributed by atoms with E-state index in [0.717, 1.165) is 25.5 Å². The molecule has 0 aromatic carbocycles. The van der Waals surface area contributed by atoms with Crippen molar-refractivity contribution >= 4 is 5.96 Å². The van der Waals surface area contributed by atoms with Crippen LogP contribution in [0.15, 0.2) is 17.6 Å². The zero-order chi connectivity index (χ0) is 14.7. The molecule has 4 heteroatoms. The molecule has 4 nitrogen and oxygen atoms in total. The molecule has 0 fully saturated rings. The number of rotatable bonds is 9. The Balaban J connectivity index is 3.98. The van der Waals surface area contributed by atoms with Gasteiger partial charge in [0.15, 0.2) is 5.96 Å².